The van der Waals surface area contributed by atoms with Crippen LogP contribution in [0.1, 0.15) is 16.1 Å². The molecular weight excluding hydrogens is 416 g/mol. The molecule has 0 atom stereocenters. The Bertz CT molecular complexity index is 1270. The van der Waals surface area contributed by atoms with Crippen molar-refractivity contribution >= 4 is 34.5 Å². The van der Waals surface area contributed by atoms with Crippen LogP contribution in [0.2, 0.25) is 0 Å². The molecule has 4 aromatic rings. The number of fused-ring (bicyclic) bond motifs is 1. The lowest BCUT2D eigenvalue weighted by Gasteiger charge is -2.09. The fourth-order valence-electron chi connectivity index (χ4n) is 3.09. The first-order chi connectivity index (χ1) is 16.2. The molecule has 0 radical (unpaired) electrons. The summed E-state index contributed by atoms with van der Waals surface area (Å²) in [6, 6.07) is 21.5. The molecule has 0 saturated heterocycles. The molecule has 0 bridgehead atoms. The zero-order valence-electron chi connectivity index (χ0n) is 17.8. The minimum atomic E-state index is -0.352. The smallest absolute Gasteiger partial charge is 0.319 e. The second-order valence-electron chi connectivity index (χ2n) is 7.12. The van der Waals surface area contributed by atoms with E-state index in [4.69, 9.17) is 4.74 Å². The average Bonchev–Trinajstić information content (AvgIpc) is 2.86. The highest BCUT2D eigenvalue weighted by Crippen LogP contribution is 2.14. The second kappa shape index (κ2) is 10.7. The van der Waals surface area contributed by atoms with Gasteiger partial charge < -0.3 is 15.4 Å². The number of allylic oxidation sites excluding steroid dienone is 1. The number of hydrogen-bond donors (Lipinski definition) is 2. The van der Waals surface area contributed by atoms with Gasteiger partial charge >= 0.3 is 6.03 Å². The van der Waals surface area contributed by atoms with E-state index in [2.05, 4.69) is 20.6 Å². The molecule has 4 rings (SSSR count). The van der Waals surface area contributed by atoms with Crippen LogP contribution in [0, 0.1) is 0 Å². The van der Waals surface area contributed by atoms with Gasteiger partial charge in [-0.05, 0) is 60.7 Å². The highest BCUT2D eigenvalue weighted by molar-refractivity contribution is 6.07. The Kier molecular flexibility index (Phi) is 7.02. The Hall–Kier alpha value is -4.52. The van der Waals surface area contributed by atoms with Crippen LogP contribution in [0.15, 0.2) is 91.3 Å². The number of para-hydroxylation sites is 1. The Morgan fingerprint density at radius 2 is 1.70 bits per heavy atom. The highest BCUT2D eigenvalue weighted by Gasteiger charge is 2.05. The van der Waals surface area contributed by atoms with Crippen molar-refractivity contribution in [3.63, 3.8) is 0 Å². The third kappa shape index (κ3) is 6.24. The number of carbonyl (C=O) groups excluding carboxylic acids is 2. The maximum atomic E-state index is 12.5. The number of pyridine rings is 2. The third-order valence-corrected chi connectivity index (χ3v) is 4.76. The molecule has 0 aliphatic carbocycles. The van der Waals surface area contributed by atoms with Crippen molar-refractivity contribution in [2.45, 2.75) is 0 Å². The molecule has 2 amide bonds. The summed E-state index contributed by atoms with van der Waals surface area (Å²) in [6.45, 7) is 0.682. The van der Waals surface area contributed by atoms with Crippen molar-refractivity contribution in [1.29, 1.82) is 0 Å². The van der Waals surface area contributed by atoms with Gasteiger partial charge in [-0.15, -0.1) is 0 Å². The number of aromatic nitrogens is 2. The van der Waals surface area contributed by atoms with Gasteiger partial charge in [0.25, 0.3) is 0 Å². The van der Waals surface area contributed by atoms with E-state index in [0.717, 1.165) is 10.9 Å². The van der Waals surface area contributed by atoms with E-state index in [-0.39, 0.29) is 11.8 Å². The lowest BCUT2D eigenvalue weighted by Crippen LogP contribution is -2.32. The largest absolute Gasteiger partial charge is 0.492 e. The first kappa shape index (κ1) is 21.7. The maximum absolute atomic E-state index is 12.5. The van der Waals surface area contributed by atoms with Gasteiger partial charge in [0, 0.05) is 29.0 Å². The Morgan fingerprint density at radius 1 is 0.909 bits per heavy atom. The molecule has 2 N–H and O–H groups in total. The van der Waals surface area contributed by atoms with Gasteiger partial charge in [0.2, 0.25) is 0 Å². The summed E-state index contributed by atoms with van der Waals surface area (Å²) in [5.41, 5.74) is 2.69. The topological polar surface area (TPSA) is 93.2 Å². The first-order valence-electron chi connectivity index (χ1n) is 10.4. The van der Waals surface area contributed by atoms with Crippen molar-refractivity contribution in [1.82, 2.24) is 15.3 Å². The molecule has 7 heteroatoms. The molecule has 7 nitrogen and oxygen atoms in total. The van der Waals surface area contributed by atoms with E-state index in [1.165, 1.54) is 6.08 Å². The van der Waals surface area contributed by atoms with Gasteiger partial charge in [0.1, 0.15) is 12.4 Å². The summed E-state index contributed by atoms with van der Waals surface area (Å²) in [7, 11) is 0. The monoisotopic (exact) mass is 438 g/mol. The number of rotatable bonds is 8. The number of nitrogens with one attached hydrogen (secondary N) is 2. The fraction of sp³-hybridized carbons (Fsp3) is 0.0769. The van der Waals surface area contributed by atoms with Gasteiger partial charge in [0.15, 0.2) is 5.78 Å². The number of urea groups is 1. The molecule has 0 aliphatic heterocycles. The van der Waals surface area contributed by atoms with Crippen LogP contribution in [-0.4, -0.2) is 34.9 Å². The summed E-state index contributed by atoms with van der Waals surface area (Å²) in [5, 5.41) is 6.49. The van der Waals surface area contributed by atoms with Gasteiger partial charge in [-0.1, -0.05) is 24.3 Å². The van der Waals surface area contributed by atoms with Crippen molar-refractivity contribution in [2.75, 3.05) is 18.5 Å². The number of hydrogen-bond acceptors (Lipinski definition) is 5. The summed E-state index contributed by atoms with van der Waals surface area (Å²) in [5.74, 6) is 0.548. The van der Waals surface area contributed by atoms with Gasteiger partial charge in [-0.3, -0.25) is 9.78 Å². The average molecular weight is 438 g/mol. The summed E-state index contributed by atoms with van der Waals surface area (Å²) >= 11 is 0. The summed E-state index contributed by atoms with van der Waals surface area (Å²) in [4.78, 5) is 32.9. The molecule has 0 spiro atoms. The van der Waals surface area contributed by atoms with Gasteiger partial charge in [-0.2, -0.15) is 0 Å². The van der Waals surface area contributed by atoms with E-state index in [0.29, 0.717) is 35.8 Å². The third-order valence-electron chi connectivity index (χ3n) is 4.76. The van der Waals surface area contributed by atoms with Gasteiger partial charge in [-0.25, -0.2) is 9.78 Å². The molecule has 0 unspecified atom stereocenters. The molecule has 164 valence electrons. The van der Waals surface area contributed by atoms with Crippen LogP contribution in [-0.2, 0) is 0 Å². The molecule has 2 aromatic heterocycles. The molecule has 33 heavy (non-hydrogen) atoms. The predicted molar refractivity (Wildman–Crippen MR) is 128 cm³/mol. The Labute approximate surface area is 191 Å². The van der Waals surface area contributed by atoms with E-state index in [1.54, 1.807) is 54.9 Å². The SMILES string of the molecule is O=C(NCCOc1ccncc1)Nc1ccc(C(=O)C=Cc2ccc3ccccc3n2)cc1. The lowest BCUT2D eigenvalue weighted by atomic mass is 10.1. The molecule has 2 heterocycles. The van der Waals surface area contributed by atoms with Crippen LogP contribution in [0.3, 0.4) is 0 Å². The molecule has 0 saturated carbocycles. The predicted octanol–water partition coefficient (Wildman–Crippen LogP) is 4.73. The minimum absolute atomic E-state index is 0.144. The quantitative estimate of drug-likeness (QED) is 0.236. The number of anilines is 1. The second-order valence-corrected chi connectivity index (χ2v) is 7.12. The van der Waals surface area contributed by atoms with E-state index < -0.39 is 0 Å². The minimum Gasteiger partial charge on any atom is -0.492 e. The summed E-state index contributed by atoms with van der Waals surface area (Å²) in [6.07, 6.45) is 6.47. The Balaban J connectivity index is 1.25. The fourth-order valence-corrected chi connectivity index (χ4v) is 3.09. The normalized spacial score (nSPS) is 10.8. The number of carbonyl (C=O) groups is 2. The number of amides is 2. The number of benzene rings is 2. The van der Waals surface area contributed by atoms with Crippen LogP contribution >= 0.6 is 0 Å². The molecule has 0 aliphatic rings. The molecular formula is C26H22N4O3. The van der Waals surface area contributed by atoms with E-state index in [1.807, 2.05) is 36.4 Å². The summed E-state index contributed by atoms with van der Waals surface area (Å²) < 4.78 is 5.49. The maximum Gasteiger partial charge on any atom is 0.319 e. The van der Waals surface area contributed by atoms with Gasteiger partial charge in [0.05, 0.1) is 17.8 Å². The van der Waals surface area contributed by atoms with Crippen molar-refractivity contribution in [3.8, 4) is 5.75 Å². The van der Waals surface area contributed by atoms with Crippen LogP contribution in [0.4, 0.5) is 10.5 Å². The zero-order chi connectivity index (χ0) is 22.9. The molecule has 2 aromatic carbocycles. The van der Waals surface area contributed by atoms with E-state index >= 15 is 0 Å². The number of ether oxygens (including phenoxy) is 1. The van der Waals surface area contributed by atoms with Crippen LogP contribution < -0.4 is 15.4 Å². The van der Waals surface area contributed by atoms with Crippen LogP contribution in [0.5, 0.6) is 5.75 Å². The zero-order valence-corrected chi connectivity index (χ0v) is 17.8. The molecule has 0 fully saturated rings. The van der Waals surface area contributed by atoms with Crippen LogP contribution in [0.25, 0.3) is 17.0 Å². The number of ketones is 1. The lowest BCUT2D eigenvalue weighted by molar-refractivity contribution is 0.104. The Morgan fingerprint density at radius 3 is 2.52 bits per heavy atom. The first-order valence-corrected chi connectivity index (χ1v) is 10.4. The highest BCUT2D eigenvalue weighted by atomic mass is 16.5. The van der Waals surface area contributed by atoms with E-state index in [9.17, 15) is 9.59 Å². The van der Waals surface area contributed by atoms with Crippen molar-refractivity contribution in [3.05, 3.63) is 103 Å². The van der Waals surface area contributed by atoms with Crippen molar-refractivity contribution in [2.24, 2.45) is 0 Å². The number of nitrogens with zero attached hydrogens (tertiary/aromatic N) is 2. The van der Waals surface area contributed by atoms with Crippen molar-refractivity contribution < 1.29 is 14.3 Å². The standard InChI is InChI=1S/C26H22N4O3/c31-25(12-11-21-8-5-19-3-1-2-4-24(19)29-21)20-6-9-22(10-7-20)30-26(32)28-17-18-33-23-13-15-27-16-14-23/h1-16H,17-18H2,(H2,28,30,32).